The fraction of sp³-hybridized carbons (Fsp3) is 0.462. The summed E-state index contributed by atoms with van der Waals surface area (Å²) < 4.78 is 28.9. The highest BCUT2D eigenvalue weighted by Crippen LogP contribution is 2.40. The van der Waals surface area contributed by atoms with E-state index in [2.05, 4.69) is 0 Å². The highest BCUT2D eigenvalue weighted by molar-refractivity contribution is 8.15. The Kier molecular flexibility index (Phi) is 3.41. The van der Waals surface area contributed by atoms with E-state index in [1.54, 1.807) is 0 Å². The van der Waals surface area contributed by atoms with Crippen LogP contribution in [-0.2, 0) is 9.84 Å². The van der Waals surface area contributed by atoms with Gasteiger partial charge in [-0.05, 0) is 31.2 Å². The Hall–Kier alpha value is -1.21. The van der Waals surface area contributed by atoms with E-state index in [4.69, 9.17) is 10.1 Å². The molecule has 0 radical (unpaired) electrons. The van der Waals surface area contributed by atoms with Crippen LogP contribution in [0.25, 0.3) is 0 Å². The van der Waals surface area contributed by atoms with Crippen molar-refractivity contribution in [3.63, 3.8) is 0 Å². The number of sulfone groups is 1. The van der Waals surface area contributed by atoms with E-state index >= 15 is 0 Å². The summed E-state index contributed by atoms with van der Waals surface area (Å²) in [6.07, 6.45) is 0. The van der Waals surface area contributed by atoms with E-state index in [-0.39, 0.29) is 22.8 Å². The third-order valence-corrected chi connectivity index (χ3v) is 6.64. The molecule has 1 aromatic rings. The zero-order chi connectivity index (χ0) is 14.3. The molecule has 1 aromatic carbocycles. The van der Waals surface area contributed by atoms with Crippen LogP contribution in [0.3, 0.4) is 0 Å². The number of nitrogens with zero attached hydrogens (tertiary/aromatic N) is 1. The molecule has 2 heterocycles. The van der Waals surface area contributed by atoms with Crippen molar-refractivity contribution >= 4 is 32.5 Å². The lowest BCUT2D eigenvalue weighted by Crippen LogP contribution is -2.37. The topological polar surface area (TPSA) is 70.5 Å². The maximum absolute atomic E-state index is 11.7. The maximum atomic E-state index is 11.7. The minimum Gasteiger partial charge on any atom is -0.494 e. The Labute approximate surface area is 122 Å². The first-order valence-corrected chi connectivity index (χ1v) is 9.18. The summed E-state index contributed by atoms with van der Waals surface area (Å²) >= 11 is 1.35. The maximum Gasteiger partial charge on any atom is 0.161 e. The van der Waals surface area contributed by atoms with Gasteiger partial charge in [-0.2, -0.15) is 0 Å². The second-order valence-corrected chi connectivity index (χ2v) is 8.28. The number of thioether (sulfide) groups is 1. The van der Waals surface area contributed by atoms with Gasteiger partial charge in [0.25, 0.3) is 0 Å². The van der Waals surface area contributed by atoms with Gasteiger partial charge in [0.2, 0.25) is 0 Å². The fourth-order valence-corrected chi connectivity index (χ4v) is 6.47. The second-order valence-electron chi connectivity index (χ2n) is 4.90. The van der Waals surface area contributed by atoms with Gasteiger partial charge in [0.05, 0.1) is 24.2 Å². The first-order chi connectivity index (χ1) is 9.50. The van der Waals surface area contributed by atoms with Gasteiger partial charge < -0.3 is 9.64 Å². The number of amidine groups is 1. The van der Waals surface area contributed by atoms with Crippen molar-refractivity contribution in [3.8, 4) is 5.75 Å². The molecule has 3 rings (SSSR count). The molecule has 20 heavy (non-hydrogen) atoms. The summed E-state index contributed by atoms with van der Waals surface area (Å²) in [5, 5.41) is 8.48. The SMILES string of the molecule is CCOc1ccc(N2C(=N)SC3CS(=O)(=O)CC32)cc1. The van der Waals surface area contributed by atoms with E-state index in [1.807, 2.05) is 36.1 Å². The fourth-order valence-electron chi connectivity index (χ4n) is 2.68. The van der Waals surface area contributed by atoms with Crippen molar-refractivity contribution in [3.05, 3.63) is 24.3 Å². The van der Waals surface area contributed by atoms with Crippen LogP contribution in [0, 0.1) is 5.41 Å². The molecular weight excluding hydrogens is 296 g/mol. The van der Waals surface area contributed by atoms with Gasteiger partial charge in [0, 0.05) is 10.9 Å². The van der Waals surface area contributed by atoms with Crippen molar-refractivity contribution in [2.75, 3.05) is 23.0 Å². The standard InChI is InChI=1S/C13H16N2O3S2/c1-2-18-10-5-3-9(4-6-10)15-11-7-20(16,17)8-12(11)19-13(15)14/h3-6,11-12,14H,2,7-8H2,1H3. The van der Waals surface area contributed by atoms with Gasteiger partial charge in [0.1, 0.15) is 5.75 Å². The average molecular weight is 312 g/mol. The lowest BCUT2D eigenvalue weighted by molar-refractivity contribution is 0.340. The Balaban J connectivity index is 1.87. The van der Waals surface area contributed by atoms with Crippen LogP contribution in [0.2, 0.25) is 0 Å². The number of anilines is 1. The molecule has 7 heteroatoms. The highest BCUT2D eigenvalue weighted by atomic mass is 32.2. The van der Waals surface area contributed by atoms with Crippen LogP contribution in [-0.4, -0.2) is 43.0 Å². The Morgan fingerprint density at radius 3 is 2.70 bits per heavy atom. The molecule has 5 nitrogen and oxygen atoms in total. The van der Waals surface area contributed by atoms with Crippen molar-refractivity contribution in [1.29, 1.82) is 5.41 Å². The van der Waals surface area contributed by atoms with Gasteiger partial charge in [-0.15, -0.1) is 0 Å². The first kappa shape index (κ1) is 13.8. The summed E-state index contributed by atoms with van der Waals surface area (Å²) in [5.41, 5.74) is 0.857. The average Bonchev–Trinajstić information content (AvgIpc) is 2.81. The molecule has 2 fully saturated rings. The van der Waals surface area contributed by atoms with Crippen LogP contribution < -0.4 is 9.64 Å². The van der Waals surface area contributed by atoms with E-state index in [0.29, 0.717) is 11.8 Å². The van der Waals surface area contributed by atoms with Gasteiger partial charge in [-0.3, -0.25) is 5.41 Å². The minimum absolute atomic E-state index is 0.0148. The van der Waals surface area contributed by atoms with E-state index < -0.39 is 9.84 Å². The molecule has 2 atom stereocenters. The Morgan fingerprint density at radius 1 is 1.35 bits per heavy atom. The molecule has 2 aliphatic heterocycles. The molecule has 2 aliphatic rings. The quantitative estimate of drug-likeness (QED) is 0.920. The zero-order valence-electron chi connectivity index (χ0n) is 11.1. The number of hydrogen-bond acceptors (Lipinski definition) is 5. The van der Waals surface area contributed by atoms with Crippen LogP contribution in [0.15, 0.2) is 24.3 Å². The van der Waals surface area contributed by atoms with Gasteiger partial charge in [-0.1, -0.05) is 11.8 Å². The largest absolute Gasteiger partial charge is 0.494 e. The Morgan fingerprint density at radius 2 is 2.05 bits per heavy atom. The first-order valence-electron chi connectivity index (χ1n) is 6.48. The third-order valence-electron chi connectivity index (χ3n) is 3.51. The summed E-state index contributed by atoms with van der Waals surface area (Å²) in [6, 6.07) is 7.36. The molecule has 0 amide bonds. The summed E-state index contributed by atoms with van der Waals surface area (Å²) in [6.45, 7) is 2.53. The minimum atomic E-state index is -2.97. The highest BCUT2D eigenvalue weighted by Gasteiger charge is 2.48. The molecular formula is C13H16N2O3S2. The van der Waals surface area contributed by atoms with Gasteiger partial charge in [0.15, 0.2) is 15.0 Å². The van der Waals surface area contributed by atoms with Crippen molar-refractivity contribution in [1.82, 2.24) is 0 Å². The lowest BCUT2D eigenvalue weighted by Gasteiger charge is -2.24. The van der Waals surface area contributed by atoms with Crippen LogP contribution in [0.5, 0.6) is 5.75 Å². The number of nitrogens with one attached hydrogen (secondary N) is 1. The van der Waals surface area contributed by atoms with Crippen LogP contribution in [0.4, 0.5) is 5.69 Å². The number of rotatable bonds is 3. The summed E-state index contributed by atoms with van der Waals surface area (Å²) in [4.78, 5) is 1.83. The number of benzene rings is 1. The van der Waals surface area contributed by atoms with Crippen molar-refractivity contribution in [2.24, 2.45) is 0 Å². The zero-order valence-corrected chi connectivity index (χ0v) is 12.7. The monoisotopic (exact) mass is 312 g/mol. The predicted octanol–water partition coefficient (Wildman–Crippen LogP) is 1.74. The third kappa shape index (κ3) is 2.40. The van der Waals surface area contributed by atoms with Crippen LogP contribution >= 0.6 is 11.8 Å². The second kappa shape index (κ2) is 4.96. The number of ether oxygens (including phenoxy) is 1. The van der Waals surface area contributed by atoms with Gasteiger partial charge in [-0.25, -0.2) is 8.42 Å². The van der Waals surface area contributed by atoms with Crippen molar-refractivity contribution in [2.45, 2.75) is 18.2 Å². The van der Waals surface area contributed by atoms with E-state index in [0.717, 1.165) is 11.4 Å². The van der Waals surface area contributed by atoms with E-state index in [9.17, 15) is 8.42 Å². The molecule has 0 aliphatic carbocycles. The molecule has 0 spiro atoms. The van der Waals surface area contributed by atoms with Gasteiger partial charge >= 0.3 is 0 Å². The predicted molar refractivity (Wildman–Crippen MR) is 81.6 cm³/mol. The molecule has 0 saturated carbocycles. The van der Waals surface area contributed by atoms with Crippen LogP contribution in [0.1, 0.15) is 6.92 Å². The molecule has 2 unspecified atom stereocenters. The Bertz CT molecular complexity index is 628. The molecule has 1 N–H and O–H groups in total. The van der Waals surface area contributed by atoms with Crippen molar-refractivity contribution < 1.29 is 13.2 Å². The summed E-state index contributed by atoms with van der Waals surface area (Å²) in [7, 11) is -2.97. The number of hydrogen-bond donors (Lipinski definition) is 1. The molecule has 0 bridgehead atoms. The van der Waals surface area contributed by atoms with E-state index in [1.165, 1.54) is 11.8 Å². The molecule has 0 aromatic heterocycles. The number of fused-ring (bicyclic) bond motifs is 1. The molecule has 108 valence electrons. The normalized spacial score (nSPS) is 27.6. The molecule has 2 saturated heterocycles. The summed E-state index contributed by atoms with van der Waals surface area (Å²) in [5.74, 6) is 1.10. The smallest absolute Gasteiger partial charge is 0.161 e. The lowest BCUT2D eigenvalue weighted by atomic mass is 10.2.